The molecule has 48 heavy (non-hydrogen) atoms. The second-order valence-electron chi connectivity index (χ2n) is 11.8. The average molecular weight is 693 g/mol. The zero-order valence-corrected chi connectivity index (χ0v) is 30.7. The smallest absolute Gasteiger partial charge is 0.462 e. The quantitative estimate of drug-likeness (QED) is 0.0309. The van der Waals surface area contributed by atoms with Crippen LogP contribution >= 0.6 is 7.82 Å². The summed E-state index contributed by atoms with van der Waals surface area (Å²) in [7, 11) is -4.77. The molecule has 0 aliphatic carbocycles. The number of phosphoric ester groups is 1. The molecule has 0 fully saturated rings. The highest BCUT2D eigenvalue weighted by Crippen LogP contribution is 2.35. The van der Waals surface area contributed by atoms with E-state index in [1.807, 2.05) is 12.2 Å². The minimum Gasteiger partial charge on any atom is -0.462 e. The van der Waals surface area contributed by atoms with Crippen molar-refractivity contribution in [3.8, 4) is 0 Å². The van der Waals surface area contributed by atoms with Gasteiger partial charge >= 0.3 is 19.8 Å². The van der Waals surface area contributed by atoms with Crippen LogP contribution in [0.2, 0.25) is 0 Å². The molecule has 1 unspecified atom stereocenters. The van der Waals surface area contributed by atoms with Crippen molar-refractivity contribution in [1.82, 2.24) is 0 Å². The number of carbonyl (C=O) groups is 2. The molecule has 0 aromatic carbocycles. The third kappa shape index (κ3) is 36.3. The predicted octanol–water partition coefficient (Wildman–Crippen LogP) is 10.7. The van der Waals surface area contributed by atoms with E-state index in [0.717, 1.165) is 57.8 Å². The van der Waals surface area contributed by atoms with Gasteiger partial charge in [0.15, 0.2) is 6.10 Å². The molecular weight excluding hydrogens is 627 g/mol. The molecule has 0 bridgehead atoms. The van der Waals surface area contributed by atoms with E-state index in [1.54, 1.807) is 0 Å². The molecule has 1 atom stereocenters. The zero-order chi connectivity index (χ0) is 35.4. The molecular formula is C39H65O8P. The molecule has 0 heterocycles. The van der Waals surface area contributed by atoms with E-state index in [0.29, 0.717) is 12.8 Å². The second kappa shape index (κ2) is 34.4. The van der Waals surface area contributed by atoms with E-state index >= 15 is 0 Å². The van der Waals surface area contributed by atoms with Gasteiger partial charge in [-0.1, -0.05) is 132 Å². The molecule has 0 aliphatic rings. The summed E-state index contributed by atoms with van der Waals surface area (Å²) in [5, 5.41) is 0. The second-order valence-corrected chi connectivity index (χ2v) is 13.0. The first-order chi connectivity index (χ1) is 23.3. The van der Waals surface area contributed by atoms with Crippen LogP contribution in [0, 0.1) is 0 Å². The Balaban J connectivity index is 4.09. The van der Waals surface area contributed by atoms with Gasteiger partial charge in [0.05, 0.1) is 6.61 Å². The van der Waals surface area contributed by atoms with Gasteiger partial charge in [-0.05, 0) is 70.6 Å². The van der Waals surface area contributed by atoms with Crippen LogP contribution in [0.3, 0.4) is 0 Å². The average Bonchev–Trinajstić information content (AvgIpc) is 3.05. The van der Waals surface area contributed by atoms with Gasteiger partial charge in [0.25, 0.3) is 0 Å². The molecule has 0 saturated heterocycles. The lowest BCUT2D eigenvalue weighted by atomic mass is 10.1. The Bertz CT molecular complexity index is 1010. The number of hydrogen-bond acceptors (Lipinski definition) is 6. The molecule has 274 valence electrons. The van der Waals surface area contributed by atoms with Gasteiger partial charge < -0.3 is 19.3 Å². The fraction of sp³-hybridized carbons (Fsp3) is 0.641. The van der Waals surface area contributed by atoms with E-state index in [9.17, 15) is 14.2 Å². The van der Waals surface area contributed by atoms with Crippen LogP contribution in [0.4, 0.5) is 0 Å². The highest BCUT2D eigenvalue weighted by Gasteiger charge is 2.22. The van der Waals surface area contributed by atoms with Crippen LogP contribution in [0.25, 0.3) is 0 Å². The summed E-state index contributed by atoms with van der Waals surface area (Å²) < 4.78 is 26.2. The lowest BCUT2D eigenvalue weighted by Crippen LogP contribution is -2.29. The minimum atomic E-state index is -4.77. The van der Waals surface area contributed by atoms with Gasteiger partial charge in [-0.15, -0.1) is 0 Å². The Morgan fingerprint density at radius 3 is 1.58 bits per heavy atom. The number of allylic oxidation sites excluding steroid dienone is 12. The largest absolute Gasteiger partial charge is 0.469 e. The fourth-order valence-electron chi connectivity index (χ4n) is 4.53. The van der Waals surface area contributed by atoms with Gasteiger partial charge in [-0.25, -0.2) is 4.57 Å². The van der Waals surface area contributed by atoms with Crippen molar-refractivity contribution in [2.75, 3.05) is 13.2 Å². The van der Waals surface area contributed by atoms with Crippen molar-refractivity contribution >= 4 is 19.8 Å². The van der Waals surface area contributed by atoms with Gasteiger partial charge in [-0.3, -0.25) is 14.1 Å². The van der Waals surface area contributed by atoms with Crippen molar-refractivity contribution in [3.63, 3.8) is 0 Å². The lowest BCUT2D eigenvalue weighted by molar-refractivity contribution is -0.161. The fourth-order valence-corrected chi connectivity index (χ4v) is 4.89. The maximum absolute atomic E-state index is 12.3. The van der Waals surface area contributed by atoms with Crippen LogP contribution in [0.15, 0.2) is 72.9 Å². The molecule has 2 N–H and O–H groups in total. The summed E-state index contributed by atoms with van der Waals surface area (Å²) in [5.41, 5.74) is 0. The van der Waals surface area contributed by atoms with Gasteiger partial charge in [0.2, 0.25) is 0 Å². The summed E-state index contributed by atoms with van der Waals surface area (Å²) in [5.74, 6) is -0.996. The van der Waals surface area contributed by atoms with Crippen LogP contribution < -0.4 is 0 Å². The van der Waals surface area contributed by atoms with E-state index in [2.05, 4.69) is 79.1 Å². The molecule has 0 saturated carbocycles. The molecule has 8 nitrogen and oxygen atoms in total. The van der Waals surface area contributed by atoms with Crippen LogP contribution in [0.1, 0.15) is 142 Å². The Morgan fingerprint density at radius 1 is 0.562 bits per heavy atom. The monoisotopic (exact) mass is 692 g/mol. The van der Waals surface area contributed by atoms with Crippen molar-refractivity contribution in [3.05, 3.63) is 72.9 Å². The standard InChI is InChI=1S/C39H65O8P/c1-3-5-7-9-11-13-15-17-18-19-20-22-23-25-27-29-31-33-38(40)45-35-37(36-46-48(42,43)44)47-39(41)34-32-30-28-26-24-21-16-14-12-10-8-6-4-2/h6,8,11-14,17-18,21,24,28,30,37H,3-5,7,9-10,15-16,19-20,22-23,25-27,29,31-36H2,1-2H3,(H2,42,43,44)/b8-6-,13-11-,14-12-,18-17-,24-21-,30-28-. The van der Waals surface area contributed by atoms with E-state index in [-0.39, 0.29) is 19.4 Å². The maximum atomic E-state index is 12.3. The SMILES string of the molecule is CC/C=C\C/C=C\C/C=C\C/C=C\CCC(=O)OC(COC(=O)CCCCCCCCC/C=C\C/C=C\CCCCC)COP(=O)(O)O. The number of unbranched alkanes of at least 4 members (excludes halogenated alkanes) is 10. The predicted molar refractivity (Wildman–Crippen MR) is 197 cm³/mol. The normalized spacial score (nSPS) is 13.3. The van der Waals surface area contributed by atoms with Crippen molar-refractivity contribution < 1.29 is 37.9 Å². The number of hydrogen-bond donors (Lipinski definition) is 2. The number of phosphoric acid groups is 1. The zero-order valence-electron chi connectivity index (χ0n) is 29.9. The van der Waals surface area contributed by atoms with Gasteiger partial charge in [0.1, 0.15) is 6.61 Å². The molecule has 0 spiro atoms. The Labute approximate surface area is 291 Å². The summed E-state index contributed by atoms with van der Waals surface area (Å²) in [6.07, 6.45) is 43.5. The van der Waals surface area contributed by atoms with Gasteiger partial charge in [0, 0.05) is 12.8 Å². The van der Waals surface area contributed by atoms with Crippen LogP contribution in [0.5, 0.6) is 0 Å². The Hall–Kier alpha value is -2.51. The third-order valence-electron chi connectivity index (χ3n) is 7.22. The molecule has 0 amide bonds. The van der Waals surface area contributed by atoms with Gasteiger partial charge in [-0.2, -0.15) is 0 Å². The Morgan fingerprint density at radius 2 is 1.04 bits per heavy atom. The lowest BCUT2D eigenvalue weighted by Gasteiger charge is -2.18. The first kappa shape index (κ1) is 45.5. The first-order valence-corrected chi connectivity index (χ1v) is 19.8. The number of esters is 2. The number of rotatable bonds is 32. The van der Waals surface area contributed by atoms with Crippen molar-refractivity contribution in [1.29, 1.82) is 0 Å². The Kier molecular flexibility index (Phi) is 32.6. The number of carbonyl (C=O) groups excluding carboxylic acids is 2. The van der Waals surface area contributed by atoms with Crippen LogP contribution in [-0.2, 0) is 28.2 Å². The molecule has 0 aliphatic heterocycles. The summed E-state index contributed by atoms with van der Waals surface area (Å²) >= 11 is 0. The van der Waals surface area contributed by atoms with Crippen molar-refractivity contribution in [2.24, 2.45) is 0 Å². The highest BCUT2D eigenvalue weighted by atomic mass is 31.2. The molecule has 0 rings (SSSR count). The van der Waals surface area contributed by atoms with E-state index in [1.165, 1.54) is 44.9 Å². The summed E-state index contributed by atoms with van der Waals surface area (Å²) in [4.78, 5) is 42.6. The first-order valence-electron chi connectivity index (χ1n) is 18.2. The summed E-state index contributed by atoms with van der Waals surface area (Å²) in [6, 6.07) is 0. The van der Waals surface area contributed by atoms with E-state index < -0.39 is 32.5 Å². The number of ether oxygens (including phenoxy) is 2. The van der Waals surface area contributed by atoms with E-state index in [4.69, 9.17) is 19.3 Å². The summed E-state index contributed by atoms with van der Waals surface area (Å²) in [6.45, 7) is 3.45. The maximum Gasteiger partial charge on any atom is 0.469 e. The topological polar surface area (TPSA) is 119 Å². The van der Waals surface area contributed by atoms with Crippen LogP contribution in [-0.4, -0.2) is 41.0 Å². The molecule has 0 radical (unpaired) electrons. The minimum absolute atomic E-state index is 0.0855. The highest BCUT2D eigenvalue weighted by molar-refractivity contribution is 7.46. The molecule has 0 aromatic rings. The molecule has 9 heteroatoms. The third-order valence-corrected chi connectivity index (χ3v) is 7.71. The van der Waals surface area contributed by atoms with Crippen molar-refractivity contribution in [2.45, 2.75) is 148 Å². The molecule has 0 aromatic heterocycles.